The molecule has 7 heteroatoms. The Kier molecular flexibility index (Phi) is 7.04. The first kappa shape index (κ1) is 24.2. The molecule has 1 aliphatic rings. The number of aromatic nitrogens is 1. The van der Waals surface area contributed by atoms with Crippen LogP contribution in [-0.2, 0) is 27.3 Å². The summed E-state index contributed by atoms with van der Waals surface area (Å²) in [5, 5.41) is 9.42. The number of hydrogen-bond acceptors (Lipinski definition) is 6. The number of nitrogens with zero attached hydrogens (tertiary/aromatic N) is 2. The first-order valence-corrected chi connectivity index (χ1v) is 11.5. The van der Waals surface area contributed by atoms with E-state index < -0.39 is 23.7 Å². The molecule has 180 valence electrons. The fourth-order valence-electron chi connectivity index (χ4n) is 4.38. The van der Waals surface area contributed by atoms with Gasteiger partial charge < -0.3 is 18.8 Å². The minimum absolute atomic E-state index is 0.237. The Balaban J connectivity index is 1.61. The Bertz CT molecular complexity index is 1310. The zero-order chi connectivity index (χ0) is 25.0. The summed E-state index contributed by atoms with van der Waals surface area (Å²) in [6, 6.07) is 19.9. The third-order valence-electron chi connectivity index (χ3n) is 6.05. The minimum atomic E-state index is -0.902. The fraction of sp³-hybridized carbons (Fsp3) is 0.321. The Morgan fingerprint density at radius 3 is 2.57 bits per heavy atom. The number of benzene rings is 2. The van der Waals surface area contributed by atoms with Gasteiger partial charge in [0, 0.05) is 24.8 Å². The number of fused-ring (bicyclic) bond motifs is 1. The van der Waals surface area contributed by atoms with Crippen LogP contribution in [-0.4, -0.2) is 28.8 Å². The van der Waals surface area contributed by atoms with Gasteiger partial charge in [-0.2, -0.15) is 5.26 Å². The van der Waals surface area contributed by atoms with Crippen molar-refractivity contribution in [2.24, 2.45) is 0 Å². The van der Waals surface area contributed by atoms with E-state index in [0.29, 0.717) is 36.5 Å². The summed E-state index contributed by atoms with van der Waals surface area (Å²) >= 11 is 0. The van der Waals surface area contributed by atoms with Gasteiger partial charge in [0.2, 0.25) is 0 Å². The maximum Gasteiger partial charge on any atom is 0.303 e. The molecule has 0 saturated heterocycles. The Labute approximate surface area is 204 Å². The highest BCUT2D eigenvalue weighted by atomic mass is 16.6. The maximum absolute atomic E-state index is 13.3. The van der Waals surface area contributed by atoms with Gasteiger partial charge >= 0.3 is 5.97 Å². The molecule has 2 atom stereocenters. The first-order chi connectivity index (χ1) is 16.8. The van der Waals surface area contributed by atoms with E-state index in [-0.39, 0.29) is 5.56 Å². The van der Waals surface area contributed by atoms with Crippen LogP contribution < -0.4 is 10.3 Å². The average Bonchev–Trinajstić information content (AvgIpc) is 2.83. The van der Waals surface area contributed by atoms with E-state index in [0.717, 1.165) is 11.1 Å². The zero-order valence-corrected chi connectivity index (χ0v) is 20.1. The normalized spacial score (nSPS) is 18.1. The predicted octanol–water partition coefficient (Wildman–Crippen LogP) is 4.17. The number of pyridine rings is 1. The molecule has 0 aliphatic carbocycles. The molecule has 35 heavy (non-hydrogen) atoms. The zero-order valence-electron chi connectivity index (χ0n) is 20.1. The highest BCUT2D eigenvalue weighted by molar-refractivity contribution is 5.66. The van der Waals surface area contributed by atoms with Gasteiger partial charge in [0.25, 0.3) is 5.56 Å². The van der Waals surface area contributed by atoms with Crippen LogP contribution in [0.1, 0.15) is 49.1 Å². The van der Waals surface area contributed by atoms with E-state index in [2.05, 4.69) is 6.07 Å². The van der Waals surface area contributed by atoms with Gasteiger partial charge in [-0.05, 0) is 55.7 Å². The number of carbonyl (C=O) groups is 1. The standard InChI is InChI=1S/C28H28N2O5/c1-19(31)34-27-26(23-15-22(17-29)9-10-24(23)35-28(27,2)3)30-13-11-20(16-25(30)32)12-14-33-18-21-7-5-4-6-8-21/h4-11,13,15-16,26-27H,12,14,18H2,1-3H3. The van der Waals surface area contributed by atoms with Crippen LogP contribution in [0, 0.1) is 11.3 Å². The fourth-order valence-corrected chi connectivity index (χ4v) is 4.38. The monoisotopic (exact) mass is 472 g/mol. The van der Waals surface area contributed by atoms with E-state index in [9.17, 15) is 14.9 Å². The minimum Gasteiger partial charge on any atom is -0.484 e. The molecule has 3 aromatic rings. The van der Waals surface area contributed by atoms with Crippen molar-refractivity contribution in [1.82, 2.24) is 4.57 Å². The van der Waals surface area contributed by atoms with Crippen LogP contribution in [0.2, 0.25) is 0 Å². The molecule has 2 unspecified atom stereocenters. The van der Waals surface area contributed by atoms with Crippen molar-refractivity contribution in [3.8, 4) is 11.8 Å². The molecule has 0 radical (unpaired) electrons. The highest BCUT2D eigenvalue weighted by Gasteiger charge is 2.47. The lowest BCUT2D eigenvalue weighted by atomic mass is 9.85. The SMILES string of the molecule is CC(=O)OC1C(n2ccc(CCOCc3ccccc3)cc2=O)c2cc(C#N)ccc2OC1(C)C. The lowest BCUT2D eigenvalue weighted by Crippen LogP contribution is -2.54. The van der Waals surface area contributed by atoms with Crippen LogP contribution in [0.25, 0.3) is 0 Å². The molecule has 2 heterocycles. The van der Waals surface area contributed by atoms with Crippen LogP contribution in [0.4, 0.5) is 0 Å². The van der Waals surface area contributed by atoms with E-state index in [4.69, 9.17) is 14.2 Å². The van der Waals surface area contributed by atoms with Crippen molar-refractivity contribution < 1.29 is 19.0 Å². The molecule has 2 aromatic carbocycles. The van der Waals surface area contributed by atoms with E-state index in [1.54, 1.807) is 35.0 Å². The lowest BCUT2D eigenvalue weighted by Gasteiger charge is -2.44. The quantitative estimate of drug-likeness (QED) is 0.379. The second kappa shape index (κ2) is 10.2. The van der Waals surface area contributed by atoms with Gasteiger partial charge in [-0.25, -0.2) is 0 Å². The van der Waals surface area contributed by atoms with E-state index >= 15 is 0 Å². The lowest BCUT2D eigenvalue weighted by molar-refractivity contribution is -0.163. The Morgan fingerprint density at radius 1 is 1.11 bits per heavy atom. The number of carbonyl (C=O) groups excluding carboxylic acids is 1. The van der Waals surface area contributed by atoms with Gasteiger partial charge in [-0.15, -0.1) is 0 Å². The van der Waals surface area contributed by atoms with Crippen LogP contribution in [0.5, 0.6) is 5.75 Å². The van der Waals surface area contributed by atoms with Gasteiger partial charge in [0.05, 0.1) is 24.8 Å². The van der Waals surface area contributed by atoms with Gasteiger partial charge in [-0.1, -0.05) is 30.3 Å². The molecule has 0 saturated carbocycles. The molecule has 7 nitrogen and oxygen atoms in total. The third-order valence-corrected chi connectivity index (χ3v) is 6.05. The van der Waals surface area contributed by atoms with Gasteiger partial charge in [0.15, 0.2) is 6.10 Å². The third kappa shape index (κ3) is 5.44. The molecule has 1 aliphatic heterocycles. The van der Waals surface area contributed by atoms with E-state index in [1.807, 2.05) is 50.2 Å². The molecule has 0 amide bonds. The number of ether oxygens (including phenoxy) is 3. The van der Waals surface area contributed by atoms with Crippen molar-refractivity contribution in [3.63, 3.8) is 0 Å². The Hall–Kier alpha value is -3.89. The van der Waals surface area contributed by atoms with Crippen molar-refractivity contribution in [2.45, 2.75) is 51.5 Å². The molecule has 1 aromatic heterocycles. The second-order valence-corrected chi connectivity index (χ2v) is 9.11. The molecular weight excluding hydrogens is 444 g/mol. The largest absolute Gasteiger partial charge is 0.484 e. The molecule has 0 spiro atoms. The van der Waals surface area contributed by atoms with Crippen LogP contribution in [0.3, 0.4) is 0 Å². The topological polar surface area (TPSA) is 90.5 Å². The van der Waals surface area contributed by atoms with Crippen LogP contribution >= 0.6 is 0 Å². The number of rotatable bonds is 7. The van der Waals surface area contributed by atoms with Gasteiger partial charge in [0.1, 0.15) is 17.4 Å². The van der Waals surface area contributed by atoms with Crippen molar-refractivity contribution >= 4 is 5.97 Å². The maximum atomic E-state index is 13.3. The highest BCUT2D eigenvalue weighted by Crippen LogP contribution is 2.43. The number of hydrogen-bond donors (Lipinski definition) is 0. The predicted molar refractivity (Wildman–Crippen MR) is 130 cm³/mol. The number of esters is 1. The molecule has 0 fully saturated rings. The summed E-state index contributed by atoms with van der Waals surface area (Å²) in [5.41, 5.74) is 1.85. The second-order valence-electron chi connectivity index (χ2n) is 9.11. The summed E-state index contributed by atoms with van der Waals surface area (Å²) in [5.74, 6) is 0.0736. The summed E-state index contributed by atoms with van der Waals surface area (Å²) in [4.78, 5) is 25.2. The van der Waals surface area contributed by atoms with Gasteiger partial charge in [-0.3, -0.25) is 9.59 Å². The summed E-state index contributed by atoms with van der Waals surface area (Å²) in [7, 11) is 0. The number of nitriles is 1. The van der Waals surface area contributed by atoms with E-state index in [1.165, 1.54) is 6.92 Å². The summed E-state index contributed by atoms with van der Waals surface area (Å²) in [6.07, 6.45) is 1.52. The molecule has 0 bridgehead atoms. The summed E-state index contributed by atoms with van der Waals surface area (Å²) < 4.78 is 19.1. The van der Waals surface area contributed by atoms with Crippen LogP contribution in [0.15, 0.2) is 71.7 Å². The van der Waals surface area contributed by atoms with Crippen molar-refractivity contribution in [2.75, 3.05) is 6.61 Å². The van der Waals surface area contributed by atoms with Crippen molar-refractivity contribution in [3.05, 3.63) is 99.5 Å². The Morgan fingerprint density at radius 2 is 1.89 bits per heavy atom. The molecular formula is C28H28N2O5. The molecule has 0 N–H and O–H groups in total. The average molecular weight is 473 g/mol. The molecule has 4 rings (SSSR count). The summed E-state index contributed by atoms with van der Waals surface area (Å²) in [6.45, 7) is 5.95. The first-order valence-electron chi connectivity index (χ1n) is 11.5. The van der Waals surface area contributed by atoms with Crippen molar-refractivity contribution in [1.29, 1.82) is 5.26 Å². The smallest absolute Gasteiger partial charge is 0.303 e.